The smallest absolute Gasteiger partial charge is 0.299 e. The number of nitrogens with one attached hydrogen (secondary N) is 2. The highest BCUT2D eigenvalue weighted by atomic mass is 32.2. The maximum absolute atomic E-state index is 12.0. The molecular formula is C13H18N4O2S. The summed E-state index contributed by atoms with van der Waals surface area (Å²) in [4.78, 5) is 4.17. The van der Waals surface area contributed by atoms with Gasteiger partial charge in [0.15, 0.2) is 0 Å². The molecule has 4 N–H and O–H groups in total. The van der Waals surface area contributed by atoms with E-state index in [0.717, 1.165) is 0 Å². The molecule has 2 rings (SSSR count). The maximum atomic E-state index is 12.0. The van der Waals surface area contributed by atoms with E-state index in [-0.39, 0.29) is 5.92 Å². The van der Waals surface area contributed by atoms with E-state index in [4.69, 9.17) is 5.73 Å². The van der Waals surface area contributed by atoms with Gasteiger partial charge in [-0.15, -0.1) is 0 Å². The Hall–Kier alpha value is -1.86. The normalized spacial score (nSPS) is 11.9. The summed E-state index contributed by atoms with van der Waals surface area (Å²) in [5.74, 6) is 0.233. The van der Waals surface area contributed by atoms with E-state index in [1.807, 2.05) is 13.8 Å². The average molecular weight is 294 g/mol. The van der Waals surface area contributed by atoms with E-state index in [1.54, 1.807) is 30.5 Å². The molecule has 0 aliphatic heterocycles. The SMILES string of the molecule is CC(C)CNS(=O)(=O)Nc1ccc(N)c2ncccc12. The van der Waals surface area contributed by atoms with Gasteiger partial charge in [-0.1, -0.05) is 13.8 Å². The molecule has 20 heavy (non-hydrogen) atoms. The van der Waals surface area contributed by atoms with Gasteiger partial charge < -0.3 is 5.73 Å². The quantitative estimate of drug-likeness (QED) is 0.731. The molecule has 1 heterocycles. The van der Waals surface area contributed by atoms with Gasteiger partial charge in [-0.2, -0.15) is 13.1 Å². The fraction of sp³-hybridized carbons (Fsp3) is 0.308. The minimum atomic E-state index is -3.60. The van der Waals surface area contributed by atoms with Crippen LogP contribution in [-0.4, -0.2) is 19.9 Å². The Bertz CT molecular complexity index is 713. The first-order valence-electron chi connectivity index (χ1n) is 6.29. The molecular weight excluding hydrogens is 276 g/mol. The molecule has 6 nitrogen and oxygen atoms in total. The zero-order chi connectivity index (χ0) is 14.8. The van der Waals surface area contributed by atoms with Crippen LogP contribution in [0, 0.1) is 5.92 Å². The predicted molar refractivity (Wildman–Crippen MR) is 81.5 cm³/mol. The Morgan fingerprint density at radius 3 is 2.75 bits per heavy atom. The van der Waals surface area contributed by atoms with Crippen molar-refractivity contribution in [1.29, 1.82) is 0 Å². The van der Waals surface area contributed by atoms with Crippen molar-refractivity contribution in [3.63, 3.8) is 0 Å². The lowest BCUT2D eigenvalue weighted by molar-refractivity contribution is 0.565. The summed E-state index contributed by atoms with van der Waals surface area (Å²) in [5, 5.41) is 0.669. The molecule has 0 fully saturated rings. The van der Waals surface area contributed by atoms with Crippen molar-refractivity contribution in [2.75, 3.05) is 17.0 Å². The van der Waals surface area contributed by atoms with E-state index in [9.17, 15) is 8.42 Å². The molecule has 0 radical (unpaired) electrons. The number of fused-ring (bicyclic) bond motifs is 1. The Morgan fingerprint density at radius 1 is 1.30 bits per heavy atom. The number of nitrogen functional groups attached to an aromatic ring is 1. The van der Waals surface area contributed by atoms with Crippen LogP contribution in [0.2, 0.25) is 0 Å². The predicted octanol–water partition coefficient (Wildman–Crippen LogP) is 1.72. The van der Waals surface area contributed by atoms with Crippen LogP contribution in [0.5, 0.6) is 0 Å². The van der Waals surface area contributed by atoms with Crippen molar-refractivity contribution in [3.05, 3.63) is 30.5 Å². The molecule has 0 unspecified atom stereocenters. The number of pyridine rings is 1. The third-order valence-electron chi connectivity index (χ3n) is 2.73. The molecule has 7 heteroatoms. The Balaban J connectivity index is 2.33. The zero-order valence-corrected chi connectivity index (χ0v) is 12.2. The van der Waals surface area contributed by atoms with Gasteiger partial charge >= 0.3 is 0 Å². The topological polar surface area (TPSA) is 97.1 Å². The van der Waals surface area contributed by atoms with Gasteiger partial charge in [-0.05, 0) is 30.2 Å². The van der Waals surface area contributed by atoms with Crippen LogP contribution in [0.4, 0.5) is 11.4 Å². The van der Waals surface area contributed by atoms with Gasteiger partial charge in [0.2, 0.25) is 0 Å². The largest absolute Gasteiger partial charge is 0.397 e. The fourth-order valence-corrected chi connectivity index (χ4v) is 2.83. The maximum Gasteiger partial charge on any atom is 0.299 e. The molecule has 108 valence electrons. The van der Waals surface area contributed by atoms with E-state index in [1.165, 1.54) is 0 Å². The molecule has 0 spiro atoms. The summed E-state index contributed by atoms with van der Waals surface area (Å²) >= 11 is 0. The van der Waals surface area contributed by atoms with Crippen LogP contribution in [0.1, 0.15) is 13.8 Å². The first kappa shape index (κ1) is 14.5. The van der Waals surface area contributed by atoms with Gasteiger partial charge in [-0.3, -0.25) is 9.71 Å². The van der Waals surface area contributed by atoms with Crippen LogP contribution in [0.3, 0.4) is 0 Å². The molecule has 0 amide bonds. The Kier molecular flexibility index (Phi) is 4.10. The van der Waals surface area contributed by atoms with Crippen LogP contribution in [0.25, 0.3) is 10.9 Å². The van der Waals surface area contributed by atoms with E-state index in [0.29, 0.717) is 28.8 Å². The molecule has 0 bridgehead atoms. The Morgan fingerprint density at radius 2 is 2.05 bits per heavy atom. The van der Waals surface area contributed by atoms with Crippen LogP contribution in [-0.2, 0) is 10.2 Å². The number of benzene rings is 1. The van der Waals surface area contributed by atoms with Crippen molar-refractivity contribution in [2.24, 2.45) is 5.92 Å². The molecule has 1 aromatic heterocycles. The molecule has 0 saturated heterocycles. The molecule has 0 aliphatic rings. The second-order valence-corrected chi connectivity index (χ2v) is 6.45. The highest BCUT2D eigenvalue weighted by Crippen LogP contribution is 2.26. The van der Waals surface area contributed by atoms with Crippen molar-refractivity contribution in [1.82, 2.24) is 9.71 Å². The van der Waals surface area contributed by atoms with Crippen LogP contribution < -0.4 is 15.2 Å². The second-order valence-electron chi connectivity index (χ2n) is 4.95. The second kappa shape index (κ2) is 5.64. The number of hydrogen-bond donors (Lipinski definition) is 3. The van der Waals surface area contributed by atoms with Gasteiger partial charge in [0.1, 0.15) is 0 Å². The van der Waals surface area contributed by atoms with E-state index >= 15 is 0 Å². The van der Waals surface area contributed by atoms with E-state index < -0.39 is 10.2 Å². The van der Waals surface area contributed by atoms with Gasteiger partial charge in [0, 0.05) is 18.1 Å². The lowest BCUT2D eigenvalue weighted by Crippen LogP contribution is -2.32. The molecule has 0 atom stereocenters. The van der Waals surface area contributed by atoms with Crippen molar-refractivity contribution >= 4 is 32.5 Å². The minimum Gasteiger partial charge on any atom is -0.397 e. The summed E-state index contributed by atoms with van der Waals surface area (Å²) in [5.41, 5.74) is 7.38. The first-order valence-corrected chi connectivity index (χ1v) is 7.78. The summed E-state index contributed by atoms with van der Waals surface area (Å²) in [6, 6.07) is 6.78. The van der Waals surface area contributed by atoms with Crippen molar-refractivity contribution in [3.8, 4) is 0 Å². The average Bonchev–Trinajstić information content (AvgIpc) is 2.40. The minimum absolute atomic E-state index is 0.233. The van der Waals surface area contributed by atoms with Crippen molar-refractivity contribution < 1.29 is 8.42 Å². The number of nitrogens with zero attached hydrogens (tertiary/aromatic N) is 1. The number of anilines is 2. The zero-order valence-electron chi connectivity index (χ0n) is 11.4. The monoisotopic (exact) mass is 294 g/mol. The summed E-state index contributed by atoms with van der Waals surface area (Å²) in [6.45, 7) is 4.25. The summed E-state index contributed by atoms with van der Waals surface area (Å²) in [7, 11) is -3.60. The van der Waals surface area contributed by atoms with Gasteiger partial charge in [0.05, 0.1) is 16.9 Å². The van der Waals surface area contributed by atoms with Crippen molar-refractivity contribution in [2.45, 2.75) is 13.8 Å². The number of nitrogens with two attached hydrogens (primary N) is 1. The Labute approximate surface area is 118 Å². The third kappa shape index (κ3) is 3.37. The molecule has 1 aromatic carbocycles. The van der Waals surface area contributed by atoms with E-state index in [2.05, 4.69) is 14.4 Å². The number of aromatic nitrogens is 1. The summed E-state index contributed by atoms with van der Waals surface area (Å²) < 4.78 is 28.9. The first-order chi connectivity index (χ1) is 9.39. The summed E-state index contributed by atoms with van der Waals surface area (Å²) in [6.07, 6.45) is 1.62. The highest BCUT2D eigenvalue weighted by Gasteiger charge is 2.13. The number of rotatable bonds is 5. The molecule has 2 aromatic rings. The van der Waals surface area contributed by atoms with Crippen LogP contribution in [0.15, 0.2) is 30.5 Å². The van der Waals surface area contributed by atoms with Gasteiger partial charge in [0.25, 0.3) is 10.2 Å². The number of hydrogen-bond acceptors (Lipinski definition) is 4. The standard InChI is InChI=1S/C13H18N4O2S/c1-9(2)8-16-20(18,19)17-12-6-5-11(14)13-10(12)4-3-7-15-13/h3-7,9,16-17H,8,14H2,1-2H3. The van der Waals surface area contributed by atoms with Gasteiger partial charge in [-0.25, -0.2) is 0 Å². The molecule has 0 saturated carbocycles. The molecule has 0 aliphatic carbocycles. The lowest BCUT2D eigenvalue weighted by Gasteiger charge is -2.13. The third-order valence-corrected chi connectivity index (χ3v) is 3.76. The lowest BCUT2D eigenvalue weighted by atomic mass is 10.1. The van der Waals surface area contributed by atoms with Crippen LogP contribution >= 0.6 is 0 Å². The highest BCUT2D eigenvalue weighted by molar-refractivity contribution is 7.90. The fourth-order valence-electron chi connectivity index (χ4n) is 1.74.